The van der Waals surface area contributed by atoms with Crippen molar-refractivity contribution in [3.8, 4) is 0 Å². The lowest BCUT2D eigenvalue weighted by Crippen LogP contribution is -2.45. The molecule has 1 fully saturated rings. The van der Waals surface area contributed by atoms with Gasteiger partial charge in [-0.05, 0) is 43.0 Å². The van der Waals surface area contributed by atoms with Crippen LogP contribution in [-0.2, 0) is 16.0 Å². The maximum Gasteiger partial charge on any atom is 0.416 e. The molecule has 10 heteroatoms. The summed E-state index contributed by atoms with van der Waals surface area (Å²) in [6.07, 6.45) is -0.0626. The molecule has 4 rings (SSSR count). The maximum atomic E-state index is 12.9. The van der Waals surface area contributed by atoms with Crippen LogP contribution >= 0.6 is 0 Å². The van der Waals surface area contributed by atoms with Gasteiger partial charge in [0.1, 0.15) is 17.8 Å². The zero-order valence-electron chi connectivity index (χ0n) is 15.5. The Labute approximate surface area is 165 Å². The van der Waals surface area contributed by atoms with Crippen LogP contribution in [0, 0.1) is 5.92 Å². The van der Waals surface area contributed by atoms with Gasteiger partial charge in [-0.1, -0.05) is 6.07 Å². The number of anilines is 1. The zero-order chi connectivity index (χ0) is 20.8. The molecule has 0 amide bonds. The molecular formula is C19H19F3N4O2S. The summed E-state index contributed by atoms with van der Waals surface area (Å²) in [6, 6.07) is 5.93. The highest BCUT2D eigenvalue weighted by atomic mass is 32.2. The average molecular weight is 424 g/mol. The maximum absolute atomic E-state index is 12.9. The zero-order valence-corrected chi connectivity index (χ0v) is 16.3. The Kier molecular flexibility index (Phi) is 4.76. The minimum Gasteiger partial charge on any atom is -0.356 e. The van der Waals surface area contributed by atoms with Gasteiger partial charge >= 0.3 is 6.18 Å². The van der Waals surface area contributed by atoms with Crippen LogP contribution in [0.4, 0.5) is 19.0 Å². The fourth-order valence-corrected chi connectivity index (χ4v) is 5.42. The normalized spacial score (nSPS) is 19.9. The van der Waals surface area contributed by atoms with Crippen molar-refractivity contribution >= 4 is 26.7 Å². The van der Waals surface area contributed by atoms with Gasteiger partial charge in [-0.2, -0.15) is 13.2 Å². The van der Waals surface area contributed by atoms with E-state index in [2.05, 4.69) is 15.0 Å². The van der Waals surface area contributed by atoms with Crippen LogP contribution in [0.3, 0.4) is 0 Å². The number of aromatic nitrogens is 3. The summed E-state index contributed by atoms with van der Waals surface area (Å²) in [5, 5.41) is 0.884. The second kappa shape index (κ2) is 7.01. The Morgan fingerprint density at radius 3 is 2.69 bits per heavy atom. The van der Waals surface area contributed by atoms with E-state index in [1.165, 1.54) is 12.4 Å². The van der Waals surface area contributed by atoms with E-state index < -0.39 is 21.6 Å². The third-order valence-electron chi connectivity index (χ3n) is 5.40. The Balaban J connectivity index is 1.43. The second-order valence-electron chi connectivity index (χ2n) is 7.35. The van der Waals surface area contributed by atoms with Gasteiger partial charge in [0.25, 0.3) is 0 Å². The summed E-state index contributed by atoms with van der Waals surface area (Å²) in [5.74, 6) is 0.494. The number of fused-ring (bicyclic) bond motifs is 1. The third-order valence-corrected chi connectivity index (χ3v) is 7.28. The summed E-state index contributed by atoms with van der Waals surface area (Å²) in [6.45, 7) is 0. The minimum absolute atomic E-state index is 0.106. The number of aromatic amines is 1. The first-order chi connectivity index (χ1) is 13.6. The number of hydrogen-bond acceptors (Lipinski definition) is 5. The van der Waals surface area contributed by atoms with Gasteiger partial charge in [0.05, 0.1) is 21.6 Å². The van der Waals surface area contributed by atoms with Crippen LogP contribution in [0.5, 0.6) is 0 Å². The van der Waals surface area contributed by atoms with Crippen LogP contribution in [0.2, 0.25) is 0 Å². The largest absolute Gasteiger partial charge is 0.416 e. The fraction of sp³-hybridized carbons (Fsp3) is 0.368. The second-order valence-corrected chi connectivity index (χ2v) is 9.38. The highest BCUT2D eigenvalue weighted by molar-refractivity contribution is 7.91. The molecule has 1 aliphatic carbocycles. The van der Waals surface area contributed by atoms with Crippen molar-refractivity contribution in [3.05, 3.63) is 48.4 Å². The van der Waals surface area contributed by atoms with Crippen molar-refractivity contribution in [1.29, 1.82) is 0 Å². The average Bonchev–Trinajstić information content (AvgIpc) is 3.12. The van der Waals surface area contributed by atoms with Gasteiger partial charge in [-0.25, -0.2) is 18.4 Å². The number of alkyl halides is 3. The Hall–Kier alpha value is -2.62. The van der Waals surface area contributed by atoms with Crippen molar-refractivity contribution < 1.29 is 21.6 Å². The lowest BCUT2D eigenvalue weighted by molar-refractivity contribution is -0.137. The van der Waals surface area contributed by atoms with Gasteiger partial charge in [0, 0.05) is 19.3 Å². The molecule has 1 saturated carbocycles. The van der Waals surface area contributed by atoms with Gasteiger partial charge in [-0.3, -0.25) is 0 Å². The molecule has 0 unspecified atom stereocenters. The summed E-state index contributed by atoms with van der Waals surface area (Å²) in [5.41, 5.74) is -0.228. The molecule has 0 spiro atoms. The molecule has 0 aliphatic heterocycles. The molecule has 154 valence electrons. The molecule has 0 saturated heterocycles. The summed E-state index contributed by atoms with van der Waals surface area (Å²) < 4.78 is 63.8. The van der Waals surface area contributed by atoms with Gasteiger partial charge in [-0.15, -0.1) is 0 Å². The molecule has 29 heavy (non-hydrogen) atoms. The first kappa shape index (κ1) is 19.7. The predicted molar refractivity (Wildman–Crippen MR) is 102 cm³/mol. The van der Waals surface area contributed by atoms with E-state index in [0.29, 0.717) is 18.9 Å². The van der Waals surface area contributed by atoms with Crippen LogP contribution in [0.25, 0.3) is 11.0 Å². The third kappa shape index (κ3) is 3.81. The van der Waals surface area contributed by atoms with E-state index >= 15 is 0 Å². The van der Waals surface area contributed by atoms with Crippen LogP contribution in [-0.4, -0.2) is 42.2 Å². The molecule has 0 atom stereocenters. The van der Waals surface area contributed by atoms with E-state index in [-0.39, 0.29) is 22.6 Å². The van der Waals surface area contributed by atoms with Gasteiger partial charge in [0.2, 0.25) is 0 Å². The Bertz CT molecular complexity index is 1140. The quantitative estimate of drug-likeness (QED) is 0.676. The van der Waals surface area contributed by atoms with E-state index in [1.54, 1.807) is 6.20 Å². The Morgan fingerprint density at radius 2 is 1.97 bits per heavy atom. The minimum atomic E-state index is -4.57. The van der Waals surface area contributed by atoms with Crippen LogP contribution in [0.1, 0.15) is 18.4 Å². The number of halogens is 3. The number of hydrogen-bond donors (Lipinski definition) is 1. The summed E-state index contributed by atoms with van der Waals surface area (Å²) in [4.78, 5) is 13.2. The molecule has 6 nitrogen and oxygen atoms in total. The number of nitrogens with zero attached hydrogens (tertiary/aromatic N) is 3. The lowest BCUT2D eigenvalue weighted by Gasteiger charge is -2.41. The van der Waals surface area contributed by atoms with Crippen LogP contribution in [0.15, 0.2) is 47.8 Å². The van der Waals surface area contributed by atoms with Crippen molar-refractivity contribution in [2.24, 2.45) is 5.92 Å². The van der Waals surface area contributed by atoms with E-state index in [1.807, 2.05) is 18.0 Å². The number of H-pyrrole nitrogens is 1. The summed E-state index contributed by atoms with van der Waals surface area (Å²) >= 11 is 0. The van der Waals surface area contributed by atoms with Crippen molar-refractivity contribution in [2.75, 3.05) is 17.7 Å². The number of nitrogens with one attached hydrogen (secondary N) is 1. The molecule has 2 heterocycles. The lowest BCUT2D eigenvalue weighted by atomic mass is 9.81. The summed E-state index contributed by atoms with van der Waals surface area (Å²) in [7, 11) is -1.89. The van der Waals surface area contributed by atoms with Crippen molar-refractivity contribution in [1.82, 2.24) is 15.0 Å². The van der Waals surface area contributed by atoms with Crippen molar-refractivity contribution in [3.63, 3.8) is 0 Å². The number of sulfone groups is 1. The highest BCUT2D eigenvalue weighted by Gasteiger charge is 2.37. The number of benzene rings is 1. The highest BCUT2D eigenvalue weighted by Crippen LogP contribution is 2.37. The monoisotopic (exact) mass is 424 g/mol. The van der Waals surface area contributed by atoms with Gasteiger partial charge in [0.15, 0.2) is 9.84 Å². The van der Waals surface area contributed by atoms with E-state index in [0.717, 1.165) is 29.0 Å². The fourth-order valence-electron chi connectivity index (χ4n) is 3.74. The topological polar surface area (TPSA) is 79.0 Å². The van der Waals surface area contributed by atoms with E-state index in [4.69, 9.17) is 0 Å². The molecule has 1 aromatic carbocycles. The van der Waals surface area contributed by atoms with Crippen LogP contribution < -0.4 is 4.90 Å². The molecule has 3 aromatic rings. The van der Waals surface area contributed by atoms with Gasteiger partial charge < -0.3 is 9.88 Å². The molecule has 0 radical (unpaired) electrons. The smallest absolute Gasteiger partial charge is 0.356 e. The van der Waals surface area contributed by atoms with E-state index in [9.17, 15) is 21.6 Å². The number of rotatable bonds is 5. The van der Waals surface area contributed by atoms with Crippen molar-refractivity contribution in [2.45, 2.75) is 30.0 Å². The molecule has 0 bridgehead atoms. The molecule has 2 aromatic heterocycles. The molecule has 1 N–H and O–H groups in total. The SMILES string of the molecule is CN(c1ncnc2[nH]ccc12)C1CC(CS(=O)(=O)c2cccc(C(F)(F)F)c2)C1. The first-order valence-corrected chi connectivity index (χ1v) is 10.7. The molecule has 1 aliphatic rings. The Morgan fingerprint density at radius 1 is 1.21 bits per heavy atom. The predicted octanol–water partition coefficient (Wildman–Crippen LogP) is 3.67. The standard InChI is InChI=1S/C19H19F3N4O2S/c1-26(18-16-5-6-23-17(16)24-11-25-18)14-7-12(8-14)10-29(27,28)15-4-2-3-13(9-15)19(20,21)22/h2-6,9,11-12,14H,7-8,10H2,1H3,(H,23,24,25). The first-order valence-electron chi connectivity index (χ1n) is 9.06. The molecular weight excluding hydrogens is 405 g/mol.